The van der Waals surface area contributed by atoms with Crippen LogP contribution in [0.3, 0.4) is 0 Å². The average Bonchev–Trinajstić information content (AvgIpc) is 3.39. The van der Waals surface area contributed by atoms with Gasteiger partial charge in [-0.15, -0.1) is 0 Å². The van der Waals surface area contributed by atoms with E-state index in [0.29, 0.717) is 5.52 Å². The molecule has 1 aliphatic rings. The van der Waals surface area contributed by atoms with E-state index in [4.69, 9.17) is 19.5 Å². The number of aliphatic hydroxyl groups excluding tert-OH is 2. The van der Waals surface area contributed by atoms with Gasteiger partial charge in [-0.2, -0.15) is 15.4 Å². The molecule has 2 unspecified atom stereocenters. The number of benzene rings is 1. The van der Waals surface area contributed by atoms with E-state index < -0.39 is 50.3 Å². The van der Waals surface area contributed by atoms with Gasteiger partial charge in [0.1, 0.15) is 48.0 Å². The first kappa shape index (κ1) is 25.5. The molecule has 2 aromatic heterocycles. The highest BCUT2D eigenvalue weighted by molar-refractivity contribution is 7.52. The third-order valence-electron chi connectivity index (χ3n) is 5.59. The zero-order chi connectivity index (χ0) is 26.1. The molecule has 1 aromatic carbocycles. The van der Waals surface area contributed by atoms with Gasteiger partial charge in [0.25, 0.3) is 0 Å². The Kier molecular flexibility index (Phi) is 6.96. The maximum absolute atomic E-state index is 13.4. The molecule has 0 aliphatic carbocycles. The third-order valence-corrected chi connectivity index (χ3v) is 7.23. The van der Waals surface area contributed by atoms with Gasteiger partial charge in [-0.3, -0.25) is 9.32 Å². The fourth-order valence-electron chi connectivity index (χ4n) is 3.72. The van der Waals surface area contributed by atoms with E-state index in [2.05, 4.69) is 15.2 Å². The molecule has 36 heavy (non-hydrogen) atoms. The summed E-state index contributed by atoms with van der Waals surface area (Å²) in [5.41, 5.74) is 4.17. The Bertz CT molecular complexity index is 1350. The molecule has 14 nitrogen and oxygen atoms in total. The molecule has 0 saturated carbocycles. The molecule has 1 fully saturated rings. The third kappa shape index (κ3) is 4.63. The number of carboxylic acid groups (broad SMARTS) is 1. The number of rotatable bonds is 9. The molecule has 6 N–H and O–H groups in total. The van der Waals surface area contributed by atoms with E-state index in [1.165, 1.54) is 35.7 Å². The first-order chi connectivity index (χ1) is 17.1. The monoisotopic (exact) mass is 518 g/mol. The molecule has 4 rings (SSSR count). The SMILES string of the molecule is CC(NP(=O)(OC[C@H]1O[C@@](C#N)(c2ccc3c(N)ncnn23)[C@H](O)[C@@H]1O)Oc1ccccc1)C(=O)O. The van der Waals surface area contributed by atoms with Crippen molar-refractivity contribution in [2.24, 2.45) is 0 Å². The molecular weight excluding hydrogens is 495 g/mol. The van der Waals surface area contributed by atoms with Crippen LogP contribution in [-0.2, 0) is 24.2 Å². The Morgan fingerprint density at radius 3 is 2.75 bits per heavy atom. The van der Waals surface area contributed by atoms with Crippen LogP contribution in [0.1, 0.15) is 12.6 Å². The van der Waals surface area contributed by atoms with E-state index in [9.17, 15) is 29.9 Å². The van der Waals surface area contributed by atoms with E-state index in [1.54, 1.807) is 18.2 Å². The van der Waals surface area contributed by atoms with Crippen LogP contribution < -0.4 is 15.3 Å². The van der Waals surface area contributed by atoms with Crippen LogP contribution in [0.2, 0.25) is 0 Å². The highest BCUT2D eigenvalue weighted by atomic mass is 31.2. The molecule has 0 bridgehead atoms. The van der Waals surface area contributed by atoms with Crippen molar-refractivity contribution in [3.8, 4) is 11.8 Å². The van der Waals surface area contributed by atoms with E-state index in [0.717, 1.165) is 6.33 Å². The van der Waals surface area contributed by atoms with Crippen LogP contribution >= 0.6 is 7.75 Å². The minimum atomic E-state index is -4.33. The van der Waals surface area contributed by atoms with E-state index in [-0.39, 0.29) is 17.3 Å². The lowest BCUT2D eigenvalue weighted by atomic mass is 9.92. The van der Waals surface area contributed by atoms with Crippen LogP contribution in [0.25, 0.3) is 5.52 Å². The van der Waals surface area contributed by atoms with E-state index in [1.807, 2.05) is 6.07 Å². The van der Waals surface area contributed by atoms with Crippen LogP contribution in [-0.4, -0.2) is 66.8 Å². The van der Waals surface area contributed by atoms with Crippen molar-refractivity contribution >= 4 is 25.1 Å². The number of fused-ring (bicyclic) bond motifs is 1. The van der Waals surface area contributed by atoms with Gasteiger partial charge >= 0.3 is 13.7 Å². The number of nitriles is 1. The Morgan fingerprint density at radius 1 is 1.36 bits per heavy atom. The number of ether oxygens (including phenoxy) is 1. The Morgan fingerprint density at radius 2 is 2.08 bits per heavy atom. The summed E-state index contributed by atoms with van der Waals surface area (Å²) in [4.78, 5) is 15.2. The minimum absolute atomic E-state index is 0.0736. The molecular formula is C21H23N6O8P. The minimum Gasteiger partial charge on any atom is -0.480 e. The number of nitrogens with one attached hydrogen (secondary N) is 1. The summed E-state index contributed by atoms with van der Waals surface area (Å²) in [5, 5.41) is 47.1. The molecule has 0 amide bonds. The van der Waals surface area contributed by atoms with Gasteiger partial charge < -0.3 is 30.3 Å². The predicted molar refractivity (Wildman–Crippen MR) is 122 cm³/mol. The van der Waals surface area contributed by atoms with Crippen LogP contribution in [0, 0.1) is 11.3 Å². The van der Waals surface area contributed by atoms with Crippen molar-refractivity contribution in [3.63, 3.8) is 0 Å². The van der Waals surface area contributed by atoms with Crippen molar-refractivity contribution in [2.75, 3.05) is 12.3 Å². The summed E-state index contributed by atoms with van der Waals surface area (Å²) < 4.78 is 31.3. The summed E-state index contributed by atoms with van der Waals surface area (Å²) in [7, 11) is -4.33. The number of carbonyl (C=O) groups is 1. The summed E-state index contributed by atoms with van der Waals surface area (Å²) in [6, 6.07) is 11.4. The first-order valence-electron chi connectivity index (χ1n) is 10.6. The number of anilines is 1. The lowest BCUT2D eigenvalue weighted by Crippen LogP contribution is -2.41. The number of aromatic nitrogens is 3. The maximum atomic E-state index is 13.4. The molecule has 3 aromatic rings. The molecule has 6 atom stereocenters. The zero-order valence-electron chi connectivity index (χ0n) is 18.8. The summed E-state index contributed by atoms with van der Waals surface area (Å²) in [6.07, 6.45) is -3.62. The number of nitrogen functional groups attached to an aromatic ring is 1. The lowest BCUT2D eigenvalue weighted by Gasteiger charge is -2.25. The normalized spacial score (nSPS) is 26.2. The molecule has 15 heteroatoms. The fraction of sp³-hybridized carbons (Fsp3) is 0.333. The van der Waals surface area contributed by atoms with Gasteiger partial charge in [-0.1, -0.05) is 18.2 Å². The molecule has 190 valence electrons. The second kappa shape index (κ2) is 9.82. The predicted octanol–water partition coefficient (Wildman–Crippen LogP) is 0.417. The molecule has 1 saturated heterocycles. The number of hydrogen-bond donors (Lipinski definition) is 5. The first-order valence-corrected chi connectivity index (χ1v) is 12.2. The maximum Gasteiger partial charge on any atom is 0.459 e. The van der Waals surface area contributed by atoms with Crippen LogP contribution in [0.4, 0.5) is 5.82 Å². The highest BCUT2D eigenvalue weighted by Crippen LogP contribution is 2.47. The molecule has 0 radical (unpaired) electrons. The fourth-order valence-corrected chi connectivity index (χ4v) is 5.23. The molecule has 3 heterocycles. The summed E-state index contributed by atoms with van der Waals surface area (Å²) >= 11 is 0. The Labute approximate surface area is 204 Å². The Hall–Kier alpha value is -3.57. The van der Waals surface area contributed by atoms with Gasteiger partial charge in [0, 0.05) is 0 Å². The van der Waals surface area contributed by atoms with Gasteiger partial charge in [0.2, 0.25) is 5.60 Å². The van der Waals surface area contributed by atoms with Crippen molar-refractivity contribution in [3.05, 3.63) is 54.5 Å². The van der Waals surface area contributed by atoms with Gasteiger partial charge in [-0.25, -0.2) is 14.1 Å². The van der Waals surface area contributed by atoms with Crippen molar-refractivity contribution in [1.29, 1.82) is 5.26 Å². The standard InChI is InChI=1S/C21H23N6O8P/c1-12(20(30)31)26-36(32,35-13-5-3-2-4-6-13)33-9-15-17(28)18(29)21(10-22,34-15)16-8-7-14-19(23)24-11-25-27(14)16/h2-8,11-12,15,17-18,28-29H,9H2,1H3,(H,26,32)(H,30,31)(H2,23,24,25)/t12?,15-,17-,18-,21+,36?/m1/s1. The van der Waals surface area contributed by atoms with Gasteiger partial charge in [0.15, 0.2) is 5.82 Å². The van der Waals surface area contributed by atoms with Gasteiger partial charge in [-0.05, 0) is 31.2 Å². The number of nitrogens with zero attached hydrogens (tertiary/aromatic N) is 4. The number of nitrogens with two attached hydrogens (primary N) is 1. The highest BCUT2D eigenvalue weighted by Gasteiger charge is 2.58. The number of aliphatic carboxylic acids is 1. The van der Waals surface area contributed by atoms with E-state index >= 15 is 0 Å². The Balaban J connectivity index is 1.59. The lowest BCUT2D eigenvalue weighted by molar-refractivity contribution is -0.138. The number of aliphatic hydroxyl groups is 2. The number of hydrogen-bond acceptors (Lipinski definition) is 11. The topological polar surface area (TPSA) is 215 Å². The zero-order valence-corrected chi connectivity index (χ0v) is 19.7. The average molecular weight is 518 g/mol. The molecule has 1 aliphatic heterocycles. The number of carboxylic acids is 1. The second-order valence-electron chi connectivity index (χ2n) is 7.99. The van der Waals surface area contributed by atoms with Crippen LogP contribution in [0.5, 0.6) is 5.75 Å². The van der Waals surface area contributed by atoms with Crippen molar-refractivity contribution in [2.45, 2.75) is 36.9 Å². The molecule has 0 spiro atoms. The largest absolute Gasteiger partial charge is 0.480 e. The quantitative estimate of drug-likeness (QED) is 0.243. The summed E-state index contributed by atoms with van der Waals surface area (Å²) in [5.74, 6) is -1.06. The summed E-state index contributed by atoms with van der Waals surface area (Å²) in [6.45, 7) is 0.606. The second-order valence-corrected chi connectivity index (χ2v) is 9.68. The number of para-hydroxylation sites is 1. The van der Waals surface area contributed by atoms with Gasteiger partial charge in [0.05, 0.1) is 12.3 Å². The van der Waals surface area contributed by atoms with Crippen molar-refractivity contribution in [1.82, 2.24) is 19.7 Å². The van der Waals surface area contributed by atoms with Crippen LogP contribution in [0.15, 0.2) is 48.8 Å². The smallest absolute Gasteiger partial charge is 0.459 e. The van der Waals surface area contributed by atoms with Crippen molar-refractivity contribution < 1.29 is 38.5 Å².